The third kappa shape index (κ3) is 2.87. The molecular weight excluding hydrogens is 286 g/mol. The topological polar surface area (TPSA) is 52.7 Å². The summed E-state index contributed by atoms with van der Waals surface area (Å²) < 4.78 is 28.8. The van der Waals surface area contributed by atoms with Crippen molar-refractivity contribution in [3.63, 3.8) is 0 Å². The van der Waals surface area contributed by atoms with Crippen molar-refractivity contribution in [3.05, 3.63) is 23.8 Å². The summed E-state index contributed by atoms with van der Waals surface area (Å²) >= 11 is 0. The Morgan fingerprint density at radius 1 is 1.19 bits per heavy atom. The predicted molar refractivity (Wildman–Crippen MR) is 86.2 cm³/mol. The van der Waals surface area contributed by atoms with Gasteiger partial charge in [-0.05, 0) is 49.4 Å². The summed E-state index contributed by atoms with van der Waals surface area (Å²) in [7, 11) is -3.40. The molecule has 2 aliphatic rings. The van der Waals surface area contributed by atoms with Gasteiger partial charge >= 0.3 is 10.2 Å². The highest BCUT2D eigenvalue weighted by atomic mass is 32.2. The first-order valence-corrected chi connectivity index (χ1v) is 9.21. The van der Waals surface area contributed by atoms with Crippen molar-refractivity contribution in [3.8, 4) is 0 Å². The minimum Gasteiger partial charge on any atom is -0.372 e. The van der Waals surface area contributed by atoms with E-state index >= 15 is 0 Å². The van der Waals surface area contributed by atoms with E-state index < -0.39 is 10.2 Å². The monoisotopic (exact) mass is 309 g/mol. The van der Waals surface area contributed by atoms with E-state index in [0.717, 1.165) is 37.2 Å². The number of rotatable bonds is 5. The standard InChI is InChI=1S/C15H23N3O2S/c1-2-8-16-21(19,20)18-11-7-13-12-14(5-6-15(13)18)17-9-3-4-10-17/h5-6,12,16H,2-4,7-11H2,1H3. The van der Waals surface area contributed by atoms with Gasteiger partial charge in [-0.15, -0.1) is 0 Å². The van der Waals surface area contributed by atoms with Gasteiger partial charge in [-0.2, -0.15) is 13.1 Å². The van der Waals surface area contributed by atoms with Gasteiger partial charge in [0.05, 0.1) is 5.69 Å². The Bertz CT molecular complexity index is 609. The molecule has 2 heterocycles. The second kappa shape index (κ2) is 5.85. The van der Waals surface area contributed by atoms with Gasteiger partial charge in [0.2, 0.25) is 0 Å². The molecule has 0 unspecified atom stereocenters. The molecule has 0 aromatic heterocycles. The van der Waals surface area contributed by atoms with Crippen LogP contribution in [0.2, 0.25) is 0 Å². The molecular formula is C15H23N3O2S. The van der Waals surface area contributed by atoms with Crippen LogP contribution in [-0.4, -0.2) is 34.6 Å². The van der Waals surface area contributed by atoms with Crippen LogP contribution in [0.1, 0.15) is 31.7 Å². The van der Waals surface area contributed by atoms with Gasteiger partial charge in [0, 0.05) is 31.9 Å². The lowest BCUT2D eigenvalue weighted by Gasteiger charge is -2.21. The van der Waals surface area contributed by atoms with E-state index in [1.807, 2.05) is 13.0 Å². The molecule has 1 N–H and O–H groups in total. The summed E-state index contributed by atoms with van der Waals surface area (Å²) in [4.78, 5) is 2.38. The summed E-state index contributed by atoms with van der Waals surface area (Å²) in [5.74, 6) is 0. The maximum absolute atomic E-state index is 12.3. The highest BCUT2D eigenvalue weighted by Gasteiger charge is 2.29. The van der Waals surface area contributed by atoms with Crippen molar-refractivity contribution in [2.75, 3.05) is 35.4 Å². The Hall–Kier alpha value is -1.27. The van der Waals surface area contributed by atoms with Crippen LogP contribution in [0.5, 0.6) is 0 Å². The second-order valence-electron chi connectivity index (χ2n) is 5.73. The van der Waals surface area contributed by atoms with Crippen molar-refractivity contribution in [1.29, 1.82) is 0 Å². The van der Waals surface area contributed by atoms with Crippen LogP contribution in [0.3, 0.4) is 0 Å². The molecule has 21 heavy (non-hydrogen) atoms. The van der Waals surface area contributed by atoms with Crippen LogP contribution in [0.15, 0.2) is 18.2 Å². The van der Waals surface area contributed by atoms with Crippen LogP contribution in [0.25, 0.3) is 0 Å². The van der Waals surface area contributed by atoms with Crippen molar-refractivity contribution in [2.45, 2.75) is 32.6 Å². The average Bonchev–Trinajstić information content (AvgIpc) is 3.13. The molecule has 5 nitrogen and oxygen atoms in total. The van der Waals surface area contributed by atoms with E-state index in [1.54, 1.807) is 0 Å². The molecule has 0 radical (unpaired) electrons. The van der Waals surface area contributed by atoms with Gasteiger partial charge in [0.25, 0.3) is 0 Å². The SMILES string of the molecule is CCCNS(=O)(=O)N1CCc2cc(N3CCCC3)ccc21. The molecule has 0 saturated carbocycles. The lowest BCUT2D eigenvalue weighted by Crippen LogP contribution is -2.40. The zero-order valence-electron chi connectivity index (χ0n) is 12.5. The molecule has 116 valence electrons. The van der Waals surface area contributed by atoms with Crippen molar-refractivity contribution < 1.29 is 8.42 Å². The van der Waals surface area contributed by atoms with E-state index in [0.29, 0.717) is 13.1 Å². The fourth-order valence-electron chi connectivity index (χ4n) is 3.09. The molecule has 2 aliphatic heterocycles. The molecule has 0 spiro atoms. The third-order valence-corrected chi connectivity index (χ3v) is 5.74. The van der Waals surface area contributed by atoms with Gasteiger partial charge in [0.15, 0.2) is 0 Å². The Labute approximate surface area is 127 Å². The highest BCUT2D eigenvalue weighted by molar-refractivity contribution is 7.90. The van der Waals surface area contributed by atoms with E-state index in [9.17, 15) is 8.42 Å². The van der Waals surface area contributed by atoms with E-state index in [2.05, 4.69) is 21.8 Å². The zero-order valence-corrected chi connectivity index (χ0v) is 13.3. The zero-order chi connectivity index (χ0) is 14.9. The molecule has 0 atom stereocenters. The number of nitrogens with zero attached hydrogens (tertiary/aromatic N) is 2. The second-order valence-corrected chi connectivity index (χ2v) is 7.41. The number of nitrogens with one attached hydrogen (secondary N) is 1. The molecule has 1 saturated heterocycles. The smallest absolute Gasteiger partial charge is 0.301 e. The van der Waals surface area contributed by atoms with Gasteiger partial charge in [-0.25, -0.2) is 0 Å². The van der Waals surface area contributed by atoms with Crippen molar-refractivity contribution in [1.82, 2.24) is 4.72 Å². The van der Waals surface area contributed by atoms with E-state index in [1.165, 1.54) is 22.8 Å². The first kappa shape index (κ1) is 14.7. The van der Waals surface area contributed by atoms with Crippen molar-refractivity contribution in [2.24, 2.45) is 0 Å². The van der Waals surface area contributed by atoms with Crippen LogP contribution in [-0.2, 0) is 16.6 Å². The molecule has 0 amide bonds. The largest absolute Gasteiger partial charge is 0.372 e. The molecule has 0 aliphatic carbocycles. The summed E-state index contributed by atoms with van der Waals surface area (Å²) in [5.41, 5.74) is 3.20. The Kier molecular flexibility index (Phi) is 4.08. The van der Waals surface area contributed by atoms with Crippen LogP contribution < -0.4 is 13.9 Å². The Balaban J connectivity index is 1.83. The lowest BCUT2D eigenvalue weighted by molar-refractivity contribution is 0.577. The van der Waals surface area contributed by atoms with Gasteiger partial charge in [-0.3, -0.25) is 4.31 Å². The Morgan fingerprint density at radius 2 is 1.95 bits per heavy atom. The number of anilines is 2. The third-order valence-electron chi connectivity index (χ3n) is 4.21. The summed E-state index contributed by atoms with van der Waals surface area (Å²) in [5, 5.41) is 0. The van der Waals surface area contributed by atoms with Gasteiger partial charge in [-0.1, -0.05) is 6.92 Å². The molecule has 1 fully saturated rings. The lowest BCUT2D eigenvalue weighted by atomic mass is 10.1. The van der Waals surface area contributed by atoms with Crippen LogP contribution in [0.4, 0.5) is 11.4 Å². The quantitative estimate of drug-likeness (QED) is 0.904. The molecule has 0 bridgehead atoms. The summed E-state index contributed by atoms with van der Waals surface area (Å²) in [6, 6.07) is 6.18. The Morgan fingerprint density at radius 3 is 2.67 bits per heavy atom. The van der Waals surface area contributed by atoms with E-state index in [-0.39, 0.29) is 0 Å². The number of hydrogen-bond donors (Lipinski definition) is 1. The fraction of sp³-hybridized carbons (Fsp3) is 0.600. The first-order chi connectivity index (χ1) is 10.1. The molecule has 6 heteroatoms. The van der Waals surface area contributed by atoms with Crippen LogP contribution in [0, 0.1) is 0 Å². The summed E-state index contributed by atoms with van der Waals surface area (Å²) in [6.07, 6.45) is 4.09. The normalized spacial score (nSPS) is 18.3. The first-order valence-electron chi connectivity index (χ1n) is 7.77. The molecule has 1 aromatic carbocycles. The minimum absolute atomic E-state index is 0.486. The molecule has 3 rings (SSSR count). The predicted octanol–water partition coefficient (Wildman–Crippen LogP) is 1.89. The minimum atomic E-state index is -3.40. The van der Waals surface area contributed by atoms with Gasteiger partial charge in [0.1, 0.15) is 0 Å². The maximum Gasteiger partial charge on any atom is 0.301 e. The molecule has 1 aromatic rings. The maximum atomic E-state index is 12.3. The number of benzene rings is 1. The number of fused-ring (bicyclic) bond motifs is 1. The number of hydrogen-bond acceptors (Lipinski definition) is 3. The fourth-order valence-corrected chi connectivity index (χ4v) is 4.48. The summed E-state index contributed by atoms with van der Waals surface area (Å²) in [6.45, 7) is 5.21. The highest BCUT2D eigenvalue weighted by Crippen LogP contribution is 2.34. The van der Waals surface area contributed by atoms with Crippen LogP contribution >= 0.6 is 0 Å². The average molecular weight is 309 g/mol. The van der Waals surface area contributed by atoms with Gasteiger partial charge < -0.3 is 4.90 Å². The van der Waals surface area contributed by atoms with E-state index in [4.69, 9.17) is 0 Å². The van der Waals surface area contributed by atoms with Crippen molar-refractivity contribution >= 4 is 21.6 Å².